The van der Waals surface area contributed by atoms with Gasteiger partial charge in [0.2, 0.25) is 0 Å². The molecular formula is C15H18N2O4. The van der Waals surface area contributed by atoms with E-state index in [4.69, 9.17) is 5.11 Å². The molecule has 0 aliphatic carbocycles. The number of aliphatic hydroxyl groups is 1. The van der Waals surface area contributed by atoms with Crippen LogP contribution >= 0.6 is 0 Å². The van der Waals surface area contributed by atoms with E-state index in [9.17, 15) is 14.7 Å². The van der Waals surface area contributed by atoms with Gasteiger partial charge >= 0.3 is 5.97 Å². The number of carboxylic acids is 1. The van der Waals surface area contributed by atoms with Crippen LogP contribution in [0.25, 0.3) is 10.9 Å². The number of carbonyl (C=O) groups is 2. The second kappa shape index (κ2) is 5.57. The lowest BCUT2D eigenvalue weighted by Gasteiger charge is -2.21. The normalized spacial score (nSPS) is 13.9. The monoisotopic (exact) mass is 290 g/mol. The average Bonchev–Trinajstić information content (AvgIpc) is 2.70. The maximum atomic E-state index is 12.3. The second-order valence-electron chi connectivity index (χ2n) is 5.42. The molecule has 1 aromatic heterocycles. The smallest absolute Gasteiger partial charge is 0.306 e. The van der Waals surface area contributed by atoms with Crippen molar-refractivity contribution in [1.29, 1.82) is 0 Å². The summed E-state index contributed by atoms with van der Waals surface area (Å²) in [6, 6.07) is 7.42. The van der Waals surface area contributed by atoms with Crippen LogP contribution in [0.1, 0.15) is 29.4 Å². The van der Waals surface area contributed by atoms with Gasteiger partial charge < -0.3 is 20.5 Å². The molecule has 2 aromatic rings. The molecule has 6 heteroatoms. The molecule has 0 bridgehead atoms. The molecule has 0 fully saturated rings. The number of hydrogen-bond acceptors (Lipinski definition) is 3. The summed E-state index contributed by atoms with van der Waals surface area (Å²) < 4.78 is 0. The van der Waals surface area contributed by atoms with Crippen LogP contribution in [0.5, 0.6) is 0 Å². The number of fused-ring (bicyclic) bond motifs is 1. The molecule has 1 atom stereocenters. The van der Waals surface area contributed by atoms with Gasteiger partial charge in [-0.15, -0.1) is 0 Å². The van der Waals surface area contributed by atoms with E-state index in [0.717, 1.165) is 16.6 Å². The van der Waals surface area contributed by atoms with Crippen LogP contribution in [-0.2, 0) is 4.79 Å². The number of nitrogens with one attached hydrogen (secondary N) is 2. The number of benzene rings is 1. The summed E-state index contributed by atoms with van der Waals surface area (Å²) >= 11 is 0. The minimum atomic E-state index is -1.48. The molecule has 2 rings (SSSR count). The molecule has 1 heterocycles. The van der Waals surface area contributed by atoms with E-state index in [1.807, 2.05) is 24.3 Å². The minimum absolute atomic E-state index is 0.128. The molecule has 1 aromatic carbocycles. The number of carbonyl (C=O) groups excluding carboxylic acids is 1. The Bertz CT molecular complexity index is 688. The fourth-order valence-electron chi connectivity index (χ4n) is 2.32. The first kappa shape index (κ1) is 15.1. The molecule has 1 amide bonds. The van der Waals surface area contributed by atoms with Gasteiger partial charge in [-0.05, 0) is 19.9 Å². The van der Waals surface area contributed by atoms with Crippen LogP contribution in [0, 0.1) is 6.92 Å². The molecule has 4 N–H and O–H groups in total. The lowest BCUT2D eigenvalue weighted by atomic mass is 10.0. The Morgan fingerprint density at radius 3 is 2.67 bits per heavy atom. The lowest BCUT2D eigenvalue weighted by Crippen LogP contribution is -2.42. The number of hydrogen-bond donors (Lipinski definition) is 4. The molecule has 112 valence electrons. The zero-order valence-corrected chi connectivity index (χ0v) is 11.9. The molecule has 0 radical (unpaired) electrons. The summed E-state index contributed by atoms with van der Waals surface area (Å²) in [5.41, 5.74) is 0.613. The minimum Gasteiger partial charge on any atom is -0.481 e. The summed E-state index contributed by atoms with van der Waals surface area (Å²) in [5.74, 6) is -1.45. The van der Waals surface area contributed by atoms with Gasteiger partial charge in [0.25, 0.3) is 5.91 Å². The number of aliphatic carboxylic acids is 1. The van der Waals surface area contributed by atoms with Gasteiger partial charge in [0, 0.05) is 23.1 Å². The SMILES string of the molecule is Cc1[nH]c2ccccc2c1C(=O)NCC(C)(O)CC(=O)O. The second-order valence-corrected chi connectivity index (χ2v) is 5.42. The van der Waals surface area contributed by atoms with Crippen LogP contribution in [0.3, 0.4) is 0 Å². The molecule has 1 unspecified atom stereocenters. The third-order valence-corrected chi connectivity index (χ3v) is 3.28. The molecule has 0 aliphatic rings. The van der Waals surface area contributed by atoms with Crippen molar-refractivity contribution in [2.24, 2.45) is 0 Å². The summed E-state index contributed by atoms with van der Waals surface area (Å²) in [4.78, 5) is 26.0. The van der Waals surface area contributed by atoms with Gasteiger partial charge in [0.1, 0.15) is 0 Å². The highest BCUT2D eigenvalue weighted by molar-refractivity contribution is 6.08. The first-order chi connectivity index (χ1) is 9.80. The van der Waals surface area contributed by atoms with Crippen molar-refractivity contribution in [3.8, 4) is 0 Å². The first-order valence-corrected chi connectivity index (χ1v) is 6.60. The van der Waals surface area contributed by atoms with E-state index in [-0.39, 0.29) is 12.5 Å². The van der Waals surface area contributed by atoms with Crippen molar-refractivity contribution >= 4 is 22.8 Å². The Morgan fingerprint density at radius 1 is 1.33 bits per heavy atom. The molecule has 0 saturated heterocycles. The van der Waals surface area contributed by atoms with E-state index in [1.165, 1.54) is 6.92 Å². The largest absolute Gasteiger partial charge is 0.481 e. The Labute approximate surface area is 121 Å². The molecule has 21 heavy (non-hydrogen) atoms. The van der Waals surface area contributed by atoms with Crippen molar-refractivity contribution in [2.75, 3.05) is 6.54 Å². The molecule has 0 spiro atoms. The quantitative estimate of drug-likeness (QED) is 0.669. The van der Waals surface area contributed by atoms with Crippen LogP contribution in [-0.4, -0.2) is 39.2 Å². The Kier molecular flexibility index (Phi) is 3.99. The third kappa shape index (κ3) is 3.41. The van der Waals surface area contributed by atoms with Gasteiger partial charge in [0.05, 0.1) is 17.6 Å². The molecule has 6 nitrogen and oxygen atoms in total. The maximum Gasteiger partial charge on any atom is 0.306 e. The van der Waals surface area contributed by atoms with Crippen molar-refractivity contribution < 1.29 is 19.8 Å². The maximum absolute atomic E-state index is 12.3. The van der Waals surface area contributed by atoms with Gasteiger partial charge in [-0.25, -0.2) is 0 Å². The predicted octanol–water partition coefficient (Wildman–Crippen LogP) is 1.43. The summed E-state index contributed by atoms with van der Waals surface area (Å²) in [6.45, 7) is 3.05. The fourth-order valence-corrected chi connectivity index (χ4v) is 2.32. The number of aryl methyl sites for hydroxylation is 1. The van der Waals surface area contributed by atoms with Crippen molar-refractivity contribution in [3.63, 3.8) is 0 Å². The van der Waals surface area contributed by atoms with Crippen molar-refractivity contribution in [3.05, 3.63) is 35.5 Å². The van der Waals surface area contributed by atoms with Crippen LogP contribution in [0.2, 0.25) is 0 Å². The zero-order chi connectivity index (χ0) is 15.6. The van der Waals surface area contributed by atoms with E-state index in [1.54, 1.807) is 6.92 Å². The van der Waals surface area contributed by atoms with Gasteiger partial charge in [-0.2, -0.15) is 0 Å². The first-order valence-electron chi connectivity index (χ1n) is 6.60. The highest BCUT2D eigenvalue weighted by Crippen LogP contribution is 2.21. The van der Waals surface area contributed by atoms with E-state index >= 15 is 0 Å². The van der Waals surface area contributed by atoms with E-state index < -0.39 is 18.0 Å². The lowest BCUT2D eigenvalue weighted by molar-refractivity contribution is -0.141. The topological polar surface area (TPSA) is 102 Å². The van der Waals surface area contributed by atoms with Gasteiger partial charge in [0.15, 0.2) is 0 Å². The summed E-state index contributed by atoms with van der Waals surface area (Å²) in [5, 5.41) is 22.0. The Balaban J connectivity index is 2.16. The third-order valence-electron chi connectivity index (χ3n) is 3.28. The van der Waals surface area contributed by atoms with E-state index in [0.29, 0.717) is 5.56 Å². The summed E-state index contributed by atoms with van der Waals surface area (Å²) in [6.07, 6.45) is -0.430. The highest BCUT2D eigenvalue weighted by atomic mass is 16.4. The molecule has 0 saturated carbocycles. The Hall–Kier alpha value is -2.34. The Morgan fingerprint density at radius 2 is 2.00 bits per heavy atom. The number of aromatic nitrogens is 1. The molecule has 0 aliphatic heterocycles. The number of H-pyrrole nitrogens is 1. The number of carboxylic acid groups (broad SMARTS) is 1. The van der Waals surface area contributed by atoms with E-state index in [2.05, 4.69) is 10.3 Å². The fraction of sp³-hybridized carbons (Fsp3) is 0.333. The highest BCUT2D eigenvalue weighted by Gasteiger charge is 2.26. The molecular weight excluding hydrogens is 272 g/mol. The van der Waals surface area contributed by atoms with Crippen molar-refractivity contribution in [1.82, 2.24) is 10.3 Å². The van der Waals surface area contributed by atoms with Crippen LogP contribution in [0.15, 0.2) is 24.3 Å². The van der Waals surface area contributed by atoms with Crippen LogP contribution in [0.4, 0.5) is 0 Å². The zero-order valence-electron chi connectivity index (χ0n) is 11.9. The van der Waals surface area contributed by atoms with Crippen LogP contribution < -0.4 is 5.32 Å². The number of aromatic amines is 1. The number of para-hydroxylation sites is 1. The standard InChI is InChI=1S/C15H18N2O4/c1-9-13(10-5-3-4-6-11(10)17-9)14(20)16-8-15(2,21)7-12(18)19/h3-6,17,21H,7-8H2,1-2H3,(H,16,20)(H,18,19). The van der Waals surface area contributed by atoms with Gasteiger partial charge in [-0.3, -0.25) is 9.59 Å². The number of rotatable bonds is 5. The summed E-state index contributed by atoms with van der Waals surface area (Å²) in [7, 11) is 0. The van der Waals surface area contributed by atoms with Gasteiger partial charge in [-0.1, -0.05) is 18.2 Å². The number of amides is 1. The predicted molar refractivity (Wildman–Crippen MR) is 78.2 cm³/mol. The average molecular weight is 290 g/mol. The van der Waals surface area contributed by atoms with Crippen molar-refractivity contribution in [2.45, 2.75) is 25.9 Å².